The summed E-state index contributed by atoms with van der Waals surface area (Å²) in [5.41, 5.74) is 2.07. The second-order valence-corrected chi connectivity index (χ2v) is 8.78. The molecule has 2 aromatic rings. The van der Waals surface area contributed by atoms with Crippen LogP contribution < -0.4 is 14.8 Å². The van der Waals surface area contributed by atoms with E-state index in [1.165, 1.54) is 0 Å². The number of ether oxygens (including phenoxy) is 2. The van der Waals surface area contributed by atoms with Crippen LogP contribution in [-0.4, -0.2) is 48.8 Å². The Kier molecular flexibility index (Phi) is 10.4. The summed E-state index contributed by atoms with van der Waals surface area (Å²) >= 11 is 1.54. The predicted octanol–water partition coefficient (Wildman–Crippen LogP) is 4.27. The van der Waals surface area contributed by atoms with E-state index in [0.29, 0.717) is 24.5 Å². The summed E-state index contributed by atoms with van der Waals surface area (Å²) in [6.07, 6.45) is 0.545. The molecule has 0 fully saturated rings. The van der Waals surface area contributed by atoms with E-state index in [4.69, 9.17) is 9.47 Å². The van der Waals surface area contributed by atoms with Gasteiger partial charge in [0.2, 0.25) is 11.8 Å². The van der Waals surface area contributed by atoms with Crippen molar-refractivity contribution in [1.82, 2.24) is 10.2 Å². The molecule has 1 N–H and O–H groups in total. The Balaban J connectivity index is 2.11. The Morgan fingerprint density at radius 1 is 0.938 bits per heavy atom. The number of benzene rings is 2. The minimum absolute atomic E-state index is 0.0129. The Labute approximate surface area is 195 Å². The fraction of sp³-hybridized carbons (Fsp3) is 0.440. The van der Waals surface area contributed by atoms with Gasteiger partial charge in [0.15, 0.2) is 0 Å². The molecule has 0 spiro atoms. The zero-order valence-electron chi connectivity index (χ0n) is 19.6. The van der Waals surface area contributed by atoms with Crippen molar-refractivity contribution in [3.63, 3.8) is 0 Å². The van der Waals surface area contributed by atoms with Crippen LogP contribution in [0.5, 0.6) is 11.5 Å². The summed E-state index contributed by atoms with van der Waals surface area (Å²) in [7, 11) is 3.26. The molecule has 0 aliphatic rings. The summed E-state index contributed by atoms with van der Waals surface area (Å²) in [6.45, 7) is 6.15. The Morgan fingerprint density at radius 3 is 1.94 bits per heavy atom. The summed E-state index contributed by atoms with van der Waals surface area (Å²) in [5, 5.41) is 2.95. The standard InChI is InChI=1S/C25H34N2O4S/c1-6-23(25(29)26-18(2)3)27(15-19-7-11-21(30-4)12-8-19)24(28)17-32-16-20-9-13-22(31-5)14-10-20/h7-14,18,23H,6,15-17H2,1-5H3,(H,26,29)/t23-/m1/s1. The average Bonchev–Trinajstić information content (AvgIpc) is 2.79. The molecule has 0 aromatic heterocycles. The van der Waals surface area contributed by atoms with Gasteiger partial charge in [0, 0.05) is 18.3 Å². The molecule has 0 saturated carbocycles. The molecule has 32 heavy (non-hydrogen) atoms. The van der Waals surface area contributed by atoms with Gasteiger partial charge in [0.25, 0.3) is 0 Å². The van der Waals surface area contributed by atoms with Crippen molar-refractivity contribution in [1.29, 1.82) is 0 Å². The monoisotopic (exact) mass is 458 g/mol. The average molecular weight is 459 g/mol. The van der Waals surface area contributed by atoms with Crippen LogP contribution in [0.15, 0.2) is 48.5 Å². The second-order valence-electron chi connectivity index (χ2n) is 7.80. The van der Waals surface area contributed by atoms with Gasteiger partial charge in [0.1, 0.15) is 17.5 Å². The first kappa shape index (κ1) is 25.6. The van der Waals surface area contributed by atoms with Crippen molar-refractivity contribution in [3.8, 4) is 11.5 Å². The minimum Gasteiger partial charge on any atom is -0.497 e. The van der Waals surface area contributed by atoms with E-state index in [1.54, 1.807) is 30.9 Å². The lowest BCUT2D eigenvalue weighted by Crippen LogP contribution is -2.50. The molecule has 174 valence electrons. The van der Waals surface area contributed by atoms with Crippen LogP contribution >= 0.6 is 11.8 Å². The molecular formula is C25H34N2O4S. The largest absolute Gasteiger partial charge is 0.497 e. The van der Waals surface area contributed by atoms with E-state index < -0.39 is 6.04 Å². The van der Waals surface area contributed by atoms with Gasteiger partial charge in [-0.3, -0.25) is 9.59 Å². The SMILES string of the molecule is CC[C@H](C(=O)NC(C)C)N(Cc1ccc(OC)cc1)C(=O)CSCc1ccc(OC)cc1. The lowest BCUT2D eigenvalue weighted by atomic mass is 10.1. The maximum atomic E-state index is 13.2. The Morgan fingerprint density at radius 2 is 1.47 bits per heavy atom. The van der Waals surface area contributed by atoms with Gasteiger partial charge in [-0.2, -0.15) is 0 Å². The molecule has 0 aliphatic carbocycles. The zero-order valence-corrected chi connectivity index (χ0v) is 20.4. The van der Waals surface area contributed by atoms with Crippen LogP contribution in [0.25, 0.3) is 0 Å². The molecule has 1 atom stereocenters. The first-order valence-corrected chi connectivity index (χ1v) is 12.0. The van der Waals surface area contributed by atoms with Crippen LogP contribution in [-0.2, 0) is 21.9 Å². The van der Waals surface area contributed by atoms with Gasteiger partial charge >= 0.3 is 0 Å². The smallest absolute Gasteiger partial charge is 0.243 e. The number of rotatable bonds is 12. The highest BCUT2D eigenvalue weighted by Gasteiger charge is 2.28. The third-order valence-electron chi connectivity index (χ3n) is 4.98. The number of amides is 2. The number of carbonyl (C=O) groups excluding carboxylic acids is 2. The van der Waals surface area contributed by atoms with Crippen LogP contribution in [0.4, 0.5) is 0 Å². The van der Waals surface area contributed by atoms with Gasteiger partial charge in [-0.1, -0.05) is 31.2 Å². The van der Waals surface area contributed by atoms with Crippen molar-refractivity contribution in [2.75, 3.05) is 20.0 Å². The lowest BCUT2D eigenvalue weighted by Gasteiger charge is -2.31. The van der Waals surface area contributed by atoms with E-state index in [9.17, 15) is 9.59 Å². The van der Waals surface area contributed by atoms with Gasteiger partial charge in [0.05, 0.1) is 20.0 Å². The summed E-state index contributed by atoms with van der Waals surface area (Å²) in [4.78, 5) is 27.8. The number of carbonyl (C=O) groups is 2. The van der Waals surface area contributed by atoms with E-state index in [0.717, 1.165) is 22.6 Å². The molecule has 2 amide bonds. The molecule has 0 heterocycles. The topological polar surface area (TPSA) is 67.9 Å². The number of nitrogens with zero attached hydrogens (tertiary/aromatic N) is 1. The number of thioether (sulfide) groups is 1. The normalized spacial score (nSPS) is 11.7. The van der Waals surface area contributed by atoms with Crippen molar-refractivity contribution >= 4 is 23.6 Å². The maximum Gasteiger partial charge on any atom is 0.243 e. The van der Waals surface area contributed by atoms with Gasteiger partial charge < -0.3 is 19.7 Å². The van der Waals surface area contributed by atoms with Gasteiger partial charge in [-0.15, -0.1) is 11.8 Å². The van der Waals surface area contributed by atoms with Crippen molar-refractivity contribution in [2.24, 2.45) is 0 Å². The van der Waals surface area contributed by atoms with E-state index in [-0.39, 0.29) is 17.9 Å². The molecule has 0 aliphatic heterocycles. The molecule has 2 aromatic carbocycles. The fourth-order valence-corrected chi connectivity index (χ4v) is 4.16. The minimum atomic E-state index is -0.520. The lowest BCUT2D eigenvalue weighted by molar-refractivity contribution is -0.139. The molecule has 2 rings (SSSR count). The molecule has 0 unspecified atom stereocenters. The van der Waals surface area contributed by atoms with E-state index in [1.807, 2.05) is 69.3 Å². The number of hydrogen-bond donors (Lipinski definition) is 1. The van der Waals surface area contributed by atoms with Crippen molar-refractivity contribution in [3.05, 3.63) is 59.7 Å². The fourth-order valence-electron chi connectivity index (χ4n) is 3.29. The summed E-state index contributed by atoms with van der Waals surface area (Å²) in [6, 6.07) is 14.9. The Hall–Kier alpha value is -2.67. The van der Waals surface area contributed by atoms with Gasteiger partial charge in [-0.25, -0.2) is 0 Å². The second kappa shape index (κ2) is 13.0. The predicted molar refractivity (Wildman–Crippen MR) is 130 cm³/mol. The van der Waals surface area contributed by atoms with Crippen LogP contribution in [0.3, 0.4) is 0 Å². The Bertz CT molecular complexity index is 853. The molecule has 6 nitrogen and oxygen atoms in total. The number of methoxy groups -OCH3 is 2. The maximum absolute atomic E-state index is 13.2. The molecule has 7 heteroatoms. The number of nitrogens with one attached hydrogen (secondary N) is 1. The highest BCUT2D eigenvalue weighted by atomic mass is 32.2. The van der Waals surface area contributed by atoms with E-state index >= 15 is 0 Å². The van der Waals surface area contributed by atoms with Crippen LogP contribution in [0.2, 0.25) is 0 Å². The summed E-state index contributed by atoms with van der Waals surface area (Å²) in [5.74, 6) is 2.40. The van der Waals surface area contributed by atoms with Crippen molar-refractivity contribution in [2.45, 2.75) is 51.6 Å². The van der Waals surface area contributed by atoms with Gasteiger partial charge in [-0.05, 0) is 55.7 Å². The van der Waals surface area contributed by atoms with Crippen LogP contribution in [0, 0.1) is 0 Å². The quantitative estimate of drug-likeness (QED) is 0.515. The zero-order chi connectivity index (χ0) is 23.5. The first-order valence-electron chi connectivity index (χ1n) is 10.8. The van der Waals surface area contributed by atoms with Crippen molar-refractivity contribution < 1.29 is 19.1 Å². The third-order valence-corrected chi connectivity index (χ3v) is 5.97. The molecular weight excluding hydrogens is 424 g/mol. The highest BCUT2D eigenvalue weighted by molar-refractivity contribution is 7.99. The highest BCUT2D eigenvalue weighted by Crippen LogP contribution is 2.20. The van der Waals surface area contributed by atoms with Crippen LogP contribution in [0.1, 0.15) is 38.3 Å². The third kappa shape index (κ3) is 7.79. The summed E-state index contributed by atoms with van der Waals surface area (Å²) < 4.78 is 10.4. The molecule has 0 radical (unpaired) electrons. The van der Waals surface area contributed by atoms with E-state index in [2.05, 4.69) is 5.32 Å². The first-order chi connectivity index (χ1) is 15.4. The number of hydrogen-bond acceptors (Lipinski definition) is 5. The molecule has 0 bridgehead atoms. The molecule has 0 saturated heterocycles.